The van der Waals surface area contributed by atoms with Gasteiger partial charge in [0.15, 0.2) is 5.16 Å². The normalized spacial score (nSPS) is 19.5. The molecule has 2 rings (SSSR count). The van der Waals surface area contributed by atoms with Gasteiger partial charge in [-0.2, -0.15) is 0 Å². The van der Waals surface area contributed by atoms with Crippen molar-refractivity contribution in [3.63, 3.8) is 0 Å². The van der Waals surface area contributed by atoms with Crippen LogP contribution in [0.4, 0.5) is 0 Å². The average molecular weight is 256 g/mol. The highest BCUT2D eigenvalue weighted by Crippen LogP contribution is 2.23. The molecule has 0 N–H and O–H groups in total. The molecule has 0 radical (unpaired) electrons. The quantitative estimate of drug-likeness (QED) is 0.575. The number of amidine groups is 1. The molecule has 1 atom stereocenters. The predicted octanol–water partition coefficient (Wildman–Crippen LogP) is 0.797. The van der Waals surface area contributed by atoms with Gasteiger partial charge in [0.25, 0.3) is 5.44 Å². The molecule has 1 aliphatic rings. The Morgan fingerprint density at radius 2 is 2.00 bits per heavy atom. The highest BCUT2D eigenvalue weighted by atomic mass is 32.2. The van der Waals surface area contributed by atoms with Crippen LogP contribution in [0.3, 0.4) is 0 Å². The summed E-state index contributed by atoms with van der Waals surface area (Å²) >= 11 is 0. The Morgan fingerprint density at radius 3 is 2.53 bits per heavy atom. The molecule has 7 nitrogen and oxygen atoms in total. The molecule has 1 heterocycles. The third kappa shape index (κ3) is 2.11. The molecule has 0 amide bonds. The van der Waals surface area contributed by atoms with Crippen molar-refractivity contribution in [2.45, 2.75) is 16.8 Å². The second kappa shape index (κ2) is 4.13. The Bertz CT molecular complexity index is 566. The highest BCUT2D eigenvalue weighted by molar-refractivity contribution is 7.92. The fraction of sp³-hybridized carbons (Fsp3) is 0.222. The van der Waals surface area contributed by atoms with Gasteiger partial charge in [0.1, 0.15) is 6.42 Å². The number of nitrogens with zero attached hydrogens (tertiary/aromatic N) is 2. The number of nitro groups is 1. The van der Waals surface area contributed by atoms with Crippen molar-refractivity contribution in [3.8, 4) is 0 Å². The minimum atomic E-state index is -3.75. The molecule has 0 spiro atoms. The predicted molar refractivity (Wildman–Crippen MR) is 57.5 cm³/mol. The number of hydrogen-bond acceptors (Lipinski definition) is 6. The van der Waals surface area contributed by atoms with Crippen molar-refractivity contribution in [1.29, 1.82) is 0 Å². The third-order valence-corrected chi connectivity index (χ3v) is 4.13. The van der Waals surface area contributed by atoms with Crippen LogP contribution in [0.25, 0.3) is 0 Å². The van der Waals surface area contributed by atoms with Crippen LogP contribution in [-0.2, 0) is 14.7 Å². The maximum Gasteiger partial charge on any atom is 0.390 e. The second-order valence-electron chi connectivity index (χ2n) is 3.36. The molecule has 1 aromatic rings. The number of sulfone groups is 1. The fourth-order valence-corrected chi connectivity index (χ4v) is 2.74. The number of hydrogen-bond donors (Lipinski definition) is 0. The van der Waals surface area contributed by atoms with E-state index in [0.29, 0.717) is 0 Å². The lowest BCUT2D eigenvalue weighted by molar-refractivity contribution is -0.352. The zero-order valence-electron chi connectivity index (χ0n) is 8.52. The van der Waals surface area contributed by atoms with Gasteiger partial charge in [0.2, 0.25) is 9.84 Å². The smallest absolute Gasteiger partial charge is 0.358 e. The maximum atomic E-state index is 12.0. The van der Waals surface area contributed by atoms with Gasteiger partial charge in [-0.05, 0) is 17.1 Å². The summed E-state index contributed by atoms with van der Waals surface area (Å²) in [6.45, 7) is 0. The van der Waals surface area contributed by atoms with Gasteiger partial charge in [-0.1, -0.05) is 18.2 Å². The van der Waals surface area contributed by atoms with Crippen LogP contribution in [0.5, 0.6) is 0 Å². The van der Waals surface area contributed by atoms with E-state index in [1.807, 2.05) is 0 Å². The van der Waals surface area contributed by atoms with Crippen LogP contribution < -0.4 is 0 Å². The van der Waals surface area contributed by atoms with E-state index >= 15 is 0 Å². The summed E-state index contributed by atoms with van der Waals surface area (Å²) in [5.74, 6) is -0.477. The zero-order chi connectivity index (χ0) is 12.5. The van der Waals surface area contributed by atoms with E-state index in [9.17, 15) is 18.5 Å². The first kappa shape index (κ1) is 11.5. The van der Waals surface area contributed by atoms with Crippen molar-refractivity contribution < 1.29 is 18.2 Å². The molecule has 1 unspecified atom stereocenters. The topological polar surface area (TPSA) is 98.9 Å². The second-order valence-corrected chi connectivity index (χ2v) is 5.45. The van der Waals surface area contributed by atoms with E-state index < -0.39 is 26.0 Å². The summed E-state index contributed by atoms with van der Waals surface area (Å²) in [6.07, 6.45) is -0.343. The molecular weight excluding hydrogens is 248 g/mol. The van der Waals surface area contributed by atoms with Gasteiger partial charge in [-0.3, -0.25) is 4.84 Å². The van der Waals surface area contributed by atoms with Crippen LogP contribution in [0, 0.1) is 10.1 Å². The molecular formula is C9H8N2O5S. The van der Waals surface area contributed by atoms with Crippen molar-refractivity contribution in [2.24, 2.45) is 5.16 Å². The summed E-state index contributed by atoms with van der Waals surface area (Å²) < 4.78 is 24.0. The van der Waals surface area contributed by atoms with E-state index in [2.05, 4.69) is 9.99 Å². The molecule has 0 aliphatic carbocycles. The summed E-state index contributed by atoms with van der Waals surface area (Å²) in [5.41, 5.74) is -1.31. The summed E-state index contributed by atoms with van der Waals surface area (Å²) in [6, 6.07) is 7.62. The van der Waals surface area contributed by atoms with Crippen LogP contribution in [0.15, 0.2) is 40.4 Å². The van der Waals surface area contributed by atoms with Crippen molar-refractivity contribution in [3.05, 3.63) is 40.4 Å². The largest absolute Gasteiger partial charge is 0.390 e. The van der Waals surface area contributed by atoms with Crippen LogP contribution in [0.1, 0.15) is 6.42 Å². The van der Waals surface area contributed by atoms with Crippen molar-refractivity contribution in [2.75, 3.05) is 0 Å². The van der Waals surface area contributed by atoms with E-state index in [4.69, 9.17) is 0 Å². The first-order valence-corrected chi connectivity index (χ1v) is 6.22. The molecule has 17 heavy (non-hydrogen) atoms. The Morgan fingerprint density at radius 1 is 1.35 bits per heavy atom. The Kier molecular flexibility index (Phi) is 2.80. The molecule has 0 saturated carbocycles. The molecule has 90 valence electrons. The number of benzene rings is 1. The van der Waals surface area contributed by atoms with Gasteiger partial charge in [-0.15, -0.1) is 0 Å². The summed E-state index contributed by atoms with van der Waals surface area (Å²) in [4.78, 5) is 14.3. The number of rotatable bonds is 2. The molecule has 1 aliphatic heterocycles. The first-order chi connectivity index (χ1) is 8.01. The van der Waals surface area contributed by atoms with Crippen molar-refractivity contribution >= 4 is 15.7 Å². The number of oxime groups is 1. The Balaban J connectivity index is 2.24. The molecule has 8 heteroatoms. The lowest BCUT2D eigenvalue weighted by Crippen LogP contribution is -2.23. The van der Waals surface area contributed by atoms with E-state index in [-0.39, 0.29) is 11.3 Å². The first-order valence-electron chi connectivity index (χ1n) is 4.68. The van der Waals surface area contributed by atoms with Crippen LogP contribution >= 0.6 is 0 Å². The van der Waals surface area contributed by atoms with E-state index in [1.54, 1.807) is 18.2 Å². The monoisotopic (exact) mass is 256 g/mol. The minimum absolute atomic E-state index is 0.0600. The fourth-order valence-electron chi connectivity index (χ4n) is 1.38. The van der Waals surface area contributed by atoms with Crippen molar-refractivity contribution in [1.82, 2.24) is 0 Å². The van der Waals surface area contributed by atoms with Crippen LogP contribution in [-0.4, -0.2) is 24.6 Å². The van der Waals surface area contributed by atoms with Gasteiger partial charge >= 0.3 is 5.84 Å². The van der Waals surface area contributed by atoms with Crippen LogP contribution in [0.2, 0.25) is 0 Å². The standard InChI is InChI=1S/C9H8N2O5S/c12-11(13)8-6-9(16-10-8)17(14,15)7-4-2-1-3-5-7/h1-5,9H,6H2. The maximum absolute atomic E-state index is 12.0. The lowest BCUT2D eigenvalue weighted by Gasteiger charge is -2.06. The SMILES string of the molecule is O=[N+]([O-])C1=NOC(S(=O)(=O)c2ccccc2)C1. The molecule has 0 fully saturated rings. The lowest BCUT2D eigenvalue weighted by atomic mass is 10.4. The van der Waals surface area contributed by atoms with Gasteiger partial charge in [-0.25, -0.2) is 8.42 Å². The molecule has 0 bridgehead atoms. The summed E-state index contributed by atoms with van der Waals surface area (Å²) in [5, 5.41) is 13.6. The van der Waals surface area contributed by atoms with E-state index in [0.717, 1.165) is 0 Å². The zero-order valence-corrected chi connectivity index (χ0v) is 9.33. The Labute approximate surface area is 96.8 Å². The molecule has 1 aromatic carbocycles. The average Bonchev–Trinajstić information content (AvgIpc) is 2.80. The molecule has 0 saturated heterocycles. The van der Waals surface area contributed by atoms with E-state index in [1.165, 1.54) is 12.1 Å². The third-order valence-electron chi connectivity index (χ3n) is 2.25. The molecule has 0 aromatic heterocycles. The van der Waals surface area contributed by atoms with Gasteiger partial charge in [0, 0.05) is 0 Å². The van der Waals surface area contributed by atoms with Gasteiger partial charge < -0.3 is 10.1 Å². The summed E-state index contributed by atoms with van der Waals surface area (Å²) in [7, 11) is -3.75. The minimum Gasteiger partial charge on any atom is -0.358 e. The van der Waals surface area contributed by atoms with Gasteiger partial charge in [0.05, 0.1) is 4.90 Å². The Hall–Kier alpha value is -1.96. The highest BCUT2D eigenvalue weighted by Gasteiger charge is 2.41.